The molecule has 134 valence electrons. The number of nitrogens with one attached hydrogen (secondary N) is 1. The van der Waals surface area contributed by atoms with Gasteiger partial charge in [0.15, 0.2) is 6.61 Å². The lowest BCUT2D eigenvalue weighted by molar-refractivity contribution is -0.385. The Bertz CT molecular complexity index is 839. The highest BCUT2D eigenvalue weighted by atomic mass is 16.6. The maximum absolute atomic E-state index is 11.8. The Kier molecular flexibility index (Phi) is 6.61. The Labute approximate surface area is 151 Å². The number of allylic oxidation sites excluding steroid dienone is 1. The number of benzene rings is 2. The molecule has 1 amide bonds. The fraction of sp³-hybridized carbons (Fsp3) is 0.158. The highest BCUT2D eigenvalue weighted by Crippen LogP contribution is 2.22. The fourth-order valence-electron chi connectivity index (χ4n) is 2.29. The summed E-state index contributed by atoms with van der Waals surface area (Å²) in [6, 6.07) is 12.1. The molecule has 0 bridgehead atoms. The Morgan fingerprint density at radius 1 is 1.19 bits per heavy atom. The molecule has 0 spiro atoms. The number of nitro groups is 1. The number of hydrazone groups is 1. The van der Waals surface area contributed by atoms with Crippen LogP contribution in [0.25, 0.3) is 6.08 Å². The highest BCUT2D eigenvalue weighted by Gasteiger charge is 2.09. The normalized spacial score (nSPS) is 11.0. The lowest BCUT2D eigenvalue weighted by Gasteiger charge is -2.10. The molecule has 0 aliphatic carbocycles. The largest absolute Gasteiger partial charge is 0.483 e. The number of ether oxygens (including phenoxy) is 1. The van der Waals surface area contributed by atoms with Crippen LogP contribution in [0.2, 0.25) is 0 Å². The van der Waals surface area contributed by atoms with Crippen molar-refractivity contribution in [3.63, 3.8) is 0 Å². The van der Waals surface area contributed by atoms with E-state index in [-0.39, 0.29) is 12.3 Å². The zero-order valence-corrected chi connectivity index (χ0v) is 14.5. The summed E-state index contributed by atoms with van der Waals surface area (Å²) >= 11 is 0. The van der Waals surface area contributed by atoms with Gasteiger partial charge in [0.25, 0.3) is 11.6 Å². The van der Waals surface area contributed by atoms with Crippen molar-refractivity contribution in [1.82, 2.24) is 5.43 Å². The number of carbonyl (C=O) groups excluding carboxylic acids is 1. The molecule has 7 heteroatoms. The van der Waals surface area contributed by atoms with Gasteiger partial charge in [-0.1, -0.05) is 30.3 Å². The van der Waals surface area contributed by atoms with Crippen molar-refractivity contribution < 1.29 is 14.5 Å². The summed E-state index contributed by atoms with van der Waals surface area (Å²) in [5, 5.41) is 14.7. The lowest BCUT2D eigenvalue weighted by atomic mass is 10.1. The zero-order valence-electron chi connectivity index (χ0n) is 14.5. The molecule has 0 saturated heterocycles. The van der Waals surface area contributed by atoms with Gasteiger partial charge in [0.2, 0.25) is 0 Å². The maximum Gasteiger partial charge on any atom is 0.277 e. The van der Waals surface area contributed by atoms with Gasteiger partial charge in [0.1, 0.15) is 5.75 Å². The highest BCUT2D eigenvalue weighted by molar-refractivity contribution is 5.82. The van der Waals surface area contributed by atoms with Gasteiger partial charge in [-0.15, -0.1) is 0 Å². The standard InChI is InChI=1S/C19H19N3O4/c1-14-7-5-8-15(2)19(14)26-13-18(23)21-20-12-6-10-16-9-3-4-11-17(16)22(24)25/h3-12H,13H2,1-2H3,(H,21,23). The van der Waals surface area contributed by atoms with Gasteiger partial charge in [-0.2, -0.15) is 5.10 Å². The molecule has 2 aromatic carbocycles. The average molecular weight is 353 g/mol. The van der Waals surface area contributed by atoms with Crippen molar-refractivity contribution in [2.45, 2.75) is 13.8 Å². The van der Waals surface area contributed by atoms with E-state index in [9.17, 15) is 14.9 Å². The van der Waals surface area contributed by atoms with E-state index in [1.807, 2.05) is 32.0 Å². The quantitative estimate of drug-likeness (QED) is 0.469. The predicted octanol–water partition coefficient (Wildman–Crippen LogP) is 3.41. The van der Waals surface area contributed by atoms with Crippen LogP contribution in [0.1, 0.15) is 16.7 Å². The first-order valence-electron chi connectivity index (χ1n) is 7.90. The first-order valence-corrected chi connectivity index (χ1v) is 7.90. The number of carbonyl (C=O) groups is 1. The molecule has 0 aliphatic rings. The summed E-state index contributed by atoms with van der Waals surface area (Å²) in [6.07, 6.45) is 4.39. The van der Waals surface area contributed by atoms with Crippen LogP contribution in [0.3, 0.4) is 0 Å². The number of rotatable bonds is 7. The molecule has 1 N–H and O–H groups in total. The molecule has 7 nitrogen and oxygen atoms in total. The van der Waals surface area contributed by atoms with Crippen molar-refractivity contribution in [2.75, 3.05) is 6.61 Å². The number of nitro benzene ring substituents is 1. The lowest BCUT2D eigenvalue weighted by Crippen LogP contribution is -2.24. The van der Waals surface area contributed by atoms with Gasteiger partial charge < -0.3 is 4.74 Å². The Morgan fingerprint density at radius 2 is 1.88 bits per heavy atom. The van der Waals surface area contributed by atoms with Crippen LogP contribution in [0.5, 0.6) is 5.75 Å². The Hall–Kier alpha value is -3.48. The first kappa shape index (κ1) is 18.9. The predicted molar refractivity (Wildman–Crippen MR) is 100 cm³/mol. The molecule has 0 fully saturated rings. The number of para-hydroxylation sites is 2. The molecular weight excluding hydrogens is 334 g/mol. The third-order valence-electron chi connectivity index (χ3n) is 3.52. The number of hydrogen-bond donors (Lipinski definition) is 1. The van der Waals surface area contributed by atoms with Crippen molar-refractivity contribution in [1.29, 1.82) is 0 Å². The third-order valence-corrected chi connectivity index (χ3v) is 3.52. The van der Waals surface area contributed by atoms with E-state index >= 15 is 0 Å². The second kappa shape index (κ2) is 9.12. The van der Waals surface area contributed by atoms with Crippen molar-refractivity contribution in [3.05, 3.63) is 75.3 Å². The smallest absolute Gasteiger partial charge is 0.277 e. The molecule has 0 atom stereocenters. The van der Waals surface area contributed by atoms with Gasteiger partial charge in [-0.25, -0.2) is 5.43 Å². The minimum absolute atomic E-state index is 0.00295. The van der Waals surface area contributed by atoms with E-state index < -0.39 is 10.8 Å². The first-order chi connectivity index (χ1) is 12.5. The molecule has 0 saturated carbocycles. The molecule has 2 rings (SSSR count). The van der Waals surface area contributed by atoms with E-state index in [1.54, 1.807) is 24.3 Å². The monoisotopic (exact) mass is 353 g/mol. The van der Waals surface area contributed by atoms with Crippen molar-refractivity contribution in [2.24, 2.45) is 5.10 Å². The van der Waals surface area contributed by atoms with Crippen LogP contribution in [0, 0.1) is 24.0 Å². The zero-order chi connectivity index (χ0) is 18.9. The molecule has 0 unspecified atom stereocenters. The van der Waals surface area contributed by atoms with Gasteiger partial charge in [-0.3, -0.25) is 14.9 Å². The number of amides is 1. The van der Waals surface area contributed by atoms with Crippen LogP contribution >= 0.6 is 0 Å². The average Bonchev–Trinajstić information content (AvgIpc) is 2.61. The minimum Gasteiger partial charge on any atom is -0.483 e. The summed E-state index contributed by atoms with van der Waals surface area (Å²) in [5.74, 6) is 0.283. The topological polar surface area (TPSA) is 93.8 Å². The SMILES string of the molecule is Cc1cccc(C)c1OCC(=O)NN=CC=Cc1ccccc1[N+](=O)[O-]. The minimum atomic E-state index is -0.455. The van der Waals surface area contributed by atoms with Crippen molar-refractivity contribution in [3.8, 4) is 5.75 Å². The van der Waals surface area contributed by atoms with E-state index in [0.717, 1.165) is 11.1 Å². The summed E-state index contributed by atoms with van der Waals surface area (Å²) in [6.45, 7) is 3.66. The molecule has 0 aliphatic heterocycles. The van der Waals surface area contributed by atoms with Crippen LogP contribution in [-0.2, 0) is 4.79 Å². The molecule has 2 aromatic rings. The summed E-state index contributed by atoms with van der Waals surface area (Å²) < 4.78 is 5.52. The second-order valence-electron chi connectivity index (χ2n) is 5.50. The van der Waals surface area contributed by atoms with E-state index in [4.69, 9.17) is 4.74 Å². The Morgan fingerprint density at radius 3 is 2.58 bits per heavy atom. The van der Waals surface area contributed by atoms with Gasteiger partial charge in [-0.05, 0) is 43.2 Å². The third kappa shape index (κ3) is 5.27. The summed E-state index contributed by atoms with van der Waals surface area (Å²) in [4.78, 5) is 22.2. The van der Waals surface area contributed by atoms with Crippen LogP contribution in [0.15, 0.2) is 53.6 Å². The van der Waals surface area contributed by atoms with E-state index in [1.165, 1.54) is 18.4 Å². The Balaban J connectivity index is 1.85. The molecule has 26 heavy (non-hydrogen) atoms. The molecule has 0 heterocycles. The number of nitrogens with zero attached hydrogens (tertiary/aromatic N) is 2. The number of aryl methyl sites for hydroxylation is 2. The molecule has 0 radical (unpaired) electrons. The fourth-order valence-corrected chi connectivity index (χ4v) is 2.29. The summed E-state index contributed by atoms with van der Waals surface area (Å²) in [5.41, 5.74) is 4.70. The van der Waals surface area contributed by atoms with E-state index in [2.05, 4.69) is 10.5 Å². The van der Waals surface area contributed by atoms with Gasteiger partial charge >= 0.3 is 0 Å². The summed E-state index contributed by atoms with van der Waals surface area (Å²) in [7, 11) is 0. The van der Waals surface area contributed by atoms with Gasteiger partial charge in [0.05, 0.1) is 10.5 Å². The van der Waals surface area contributed by atoms with E-state index in [0.29, 0.717) is 11.3 Å². The number of hydrogen-bond acceptors (Lipinski definition) is 5. The molecular formula is C19H19N3O4. The van der Waals surface area contributed by atoms with Crippen LogP contribution < -0.4 is 10.2 Å². The van der Waals surface area contributed by atoms with Crippen LogP contribution in [-0.4, -0.2) is 23.7 Å². The van der Waals surface area contributed by atoms with Gasteiger partial charge in [0, 0.05) is 12.3 Å². The van der Waals surface area contributed by atoms with Crippen LogP contribution in [0.4, 0.5) is 5.69 Å². The molecule has 0 aromatic heterocycles. The maximum atomic E-state index is 11.8. The van der Waals surface area contributed by atoms with Crippen molar-refractivity contribution >= 4 is 23.9 Å². The second-order valence-corrected chi connectivity index (χ2v) is 5.50.